The Bertz CT molecular complexity index is 195. The van der Waals surface area contributed by atoms with E-state index in [2.05, 4.69) is 12.2 Å². The molecule has 1 saturated heterocycles. The fraction of sp³-hybridized carbons (Fsp3) is 1.00. The van der Waals surface area contributed by atoms with E-state index in [0.29, 0.717) is 5.41 Å². The molecule has 2 nitrogen and oxygen atoms in total. The van der Waals surface area contributed by atoms with Crippen LogP contribution in [0.1, 0.15) is 58.3 Å². The summed E-state index contributed by atoms with van der Waals surface area (Å²) < 4.78 is 5.53. The van der Waals surface area contributed by atoms with E-state index in [9.17, 15) is 0 Å². The van der Waals surface area contributed by atoms with Gasteiger partial charge in [0.05, 0.1) is 0 Å². The summed E-state index contributed by atoms with van der Waals surface area (Å²) in [7, 11) is 0. The molecule has 0 aromatic rings. The number of unbranched alkanes of at least 4 members (excludes halogenated alkanes) is 2. The minimum Gasteiger partial charge on any atom is -0.381 e. The molecular weight excluding hydrogens is 198 g/mol. The van der Waals surface area contributed by atoms with Crippen molar-refractivity contribution in [2.75, 3.05) is 19.8 Å². The van der Waals surface area contributed by atoms with Crippen LogP contribution < -0.4 is 5.32 Å². The molecule has 0 aromatic carbocycles. The van der Waals surface area contributed by atoms with Gasteiger partial charge in [0.15, 0.2) is 0 Å². The lowest BCUT2D eigenvalue weighted by Crippen LogP contribution is -2.40. The molecule has 1 aliphatic carbocycles. The van der Waals surface area contributed by atoms with Gasteiger partial charge >= 0.3 is 0 Å². The topological polar surface area (TPSA) is 21.3 Å². The van der Waals surface area contributed by atoms with Crippen LogP contribution in [0.5, 0.6) is 0 Å². The molecule has 16 heavy (non-hydrogen) atoms. The molecule has 0 amide bonds. The lowest BCUT2D eigenvalue weighted by Gasteiger charge is -2.37. The molecule has 0 spiro atoms. The van der Waals surface area contributed by atoms with Gasteiger partial charge in [-0.3, -0.25) is 0 Å². The van der Waals surface area contributed by atoms with Crippen molar-refractivity contribution >= 4 is 0 Å². The van der Waals surface area contributed by atoms with Crippen molar-refractivity contribution < 1.29 is 4.74 Å². The summed E-state index contributed by atoms with van der Waals surface area (Å²) in [5, 5.41) is 3.74. The number of rotatable bonds is 7. The lowest BCUT2D eigenvalue weighted by molar-refractivity contribution is 0.00900. The summed E-state index contributed by atoms with van der Waals surface area (Å²) in [5.74, 6) is 0. The van der Waals surface area contributed by atoms with Crippen LogP contribution in [-0.2, 0) is 4.74 Å². The molecular formula is C14H27NO. The first-order valence-electron chi connectivity index (χ1n) is 7.16. The van der Waals surface area contributed by atoms with Crippen molar-refractivity contribution in [3.63, 3.8) is 0 Å². The third-order valence-corrected chi connectivity index (χ3v) is 4.21. The Morgan fingerprint density at radius 1 is 1.19 bits per heavy atom. The monoisotopic (exact) mass is 225 g/mol. The predicted molar refractivity (Wildman–Crippen MR) is 67.7 cm³/mol. The van der Waals surface area contributed by atoms with E-state index in [-0.39, 0.29) is 0 Å². The fourth-order valence-corrected chi connectivity index (χ4v) is 2.72. The molecule has 0 bridgehead atoms. The zero-order valence-electron chi connectivity index (χ0n) is 10.8. The Balaban J connectivity index is 1.77. The number of nitrogens with one attached hydrogen (secondary N) is 1. The first-order valence-corrected chi connectivity index (χ1v) is 7.16. The Morgan fingerprint density at radius 3 is 2.56 bits per heavy atom. The van der Waals surface area contributed by atoms with Gasteiger partial charge in [-0.05, 0) is 37.5 Å². The van der Waals surface area contributed by atoms with Gasteiger partial charge in [0, 0.05) is 25.8 Å². The summed E-state index contributed by atoms with van der Waals surface area (Å²) in [5.41, 5.74) is 0.565. The van der Waals surface area contributed by atoms with Crippen LogP contribution in [-0.4, -0.2) is 25.8 Å². The van der Waals surface area contributed by atoms with E-state index in [1.807, 2.05) is 0 Å². The van der Waals surface area contributed by atoms with Gasteiger partial charge in [0.1, 0.15) is 0 Å². The van der Waals surface area contributed by atoms with Gasteiger partial charge in [-0.1, -0.05) is 26.2 Å². The van der Waals surface area contributed by atoms with Gasteiger partial charge in [0.2, 0.25) is 0 Å². The number of ether oxygens (including phenoxy) is 1. The zero-order chi connectivity index (χ0) is 11.3. The standard InChI is InChI=1S/C14H27NO/c1-2-3-4-7-14(8-10-16-11-9-14)12-15-13-5-6-13/h13,15H,2-12H2,1H3. The van der Waals surface area contributed by atoms with Crippen LogP contribution in [0.3, 0.4) is 0 Å². The molecule has 2 rings (SSSR count). The molecule has 2 aliphatic rings. The highest BCUT2D eigenvalue weighted by Gasteiger charge is 2.33. The normalized spacial score (nSPS) is 24.6. The smallest absolute Gasteiger partial charge is 0.0471 e. The highest BCUT2D eigenvalue weighted by atomic mass is 16.5. The number of hydrogen-bond donors (Lipinski definition) is 1. The van der Waals surface area contributed by atoms with Gasteiger partial charge in [-0.2, -0.15) is 0 Å². The lowest BCUT2D eigenvalue weighted by atomic mass is 9.76. The highest BCUT2D eigenvalue weighted by Crippen LogP contribution is 2.36. The summed E-state index contributed by atoms with van der Waals surface area (Å²) in [6.45, 7) is 5.50. The highest BCUT2D eigenvalue weighted by molar-refractivity contribution is 4.89. The first-order chi connectivity index (χ1) is 7.85. The molecule has 2 heteroatoms. The van der Waals surface area contributed by atoms with Crippen LogP contribution in [0, 0.1) is 5.41 Å². The second kappa shape index (κ2) is 6.02. The molecule has 94 valence electrons. The van der Waals surface area contributed by atoms with E-state index in [1.165, 1.54) is 57.9 Å². The average Bonchev–Trinajstić information content (AvgIpc) is 3.12. The third-order valence-electron chi connectivity index (χ3n) is 4.21. The molecule has 2 fully saturated rings. The van der Waals surface area contributed by atoms with Gasteiger partial charge in [0.25, 0.3) is 0 Å². The Kier molecular flexibility index (Phi) is 4.66. The Labute approximate surface area is 100 Å². The molecule has 1 aliphatic heterocycles. The largest absolute Gasteiger partial charge is 0.381 e. The van der Waals surface area contributed by atoms with Crippen molar-refractivity contribution in [1.82, 2.24) is 5.32 Å². The molecule has 0 atom stereocenters. The van der Waals surface area contributed by atoms with E-state index in [0.717, 1.165) is 19.3 Å². The number of hydrogen-bond acceptors (Lipinski definition) is 2. The van der Waals surface area contributed by atoms with Crippen LogP contribution in [0.25, 0.3) is 0 Å². The molecule has 0 unspecified atom stereocenters. The Morgan fingerprint density at radius 2 is 1.94 bits per heavy atom. The minimum absolute atomic E-state index is 0.565. The third kappa shape index (κ3) is 3.74. The Hall–Kier alpha value is -0.0800. The maximum absolute atomic E-state index is 5.53. The first kappa shape index (κ1) is 12.4. The SMILES string of the molecule is CCCCCC1(CNC2CC2)CCOCC1. The summed E-state index contributed by atoms with van der Waals surface area (Å²) >= 11 is 0. The van der Waals surface area contributed by atoms with Crippen molar-refractivity contribution in [2.45, 2.75) is 64.3 Å². The van der Waals surface area contributed by atoms with E-state index in [1.54, 1.807) is 0 Å². The summed E-state index contributed by atoms with van der Waals surface area (Å²) in [6.07, 6.45) is 10.9. The van der Waals surface area contributed by atoms with Gasteiger partial charge < -0.3 is 10.1 Å². The second-order valence-electron chi connectivity index (χ2n) is 5.72. The van der Waals surface area contributed by atoms with Crippen LogP contribution >= 0.6 is 0 Å². The fourth-order valence-electron chi connectivity index (χ4n) is 2.72. The van der Waals surface area contributed by atoms with Crippen LogP contribution in [0.2, 0.25) is 0 Å². The van der Waals surface area contributed by atoms with E-state index < -0.39 is 0 Å². The maximum atomic E-state index is 5.53. The molecule has 0 radical (unpaired) electrons. The predicted octanol–water partition coefficient (Wildman–Crippen LogP) is 3.12. The van der Waals surface area contributed by atoms with Crippen molar-refractivity contribution in [2.24, 2.45) is 5.41 Å². The van der Waals surface area contributed by atoms with E-state index in [4.69, 9.17) is 4.74 Å². The molecule has 1 saturated carbocycles. The van der Waals surface area contributed by atoms with Gasteiger partial charge in [-0.15, -0.1) is 0 Å². The van der Waals surface area contributed by atoms with Crippen LogP contribution in [0.4, 0.5) is 0 Å². The van der Waals surface area contributed by atoms with E-state index >= 15 is 0 Å². The summed E-state index contributed by atoms with van der Waals surface area (Å²) in [4.78, 5) is 0. The van der Waals surface area contributed by atoms with Crippen LogP contribution in [0.15, 0.2) is 0 Å². The zero-order valence-corrected chi connectivity index (χ0v) is 10.8. The van der Waals surface area contributed by atoms with Gasteiger partial charge in [-0.25, -0.2) is 0 Å². The molecule has 1 N–H and O–H groups in total. The summed E-state index contributed by atoms with van der Waals surface area (Å²) in [6, 6.07) is 0.853. The van der Waals surface area contributed by atoms with Crippen molar-refractivity contribution in [1.29, 1.82) is 0 Å². The minimum atomic E-state index is 0.565. The maximum Gasteiger partial charge on any atom is 0.0471 e. The molecule has 0 aromatic heterocycles. The molecule has 1 heterocycles. The van der Waals surface area contributed by atoms with Crippen molar-refractivity contribution in [3.05, 3.63) is 0 Å². The second-order valence-corrected chi connectivity index (χ2v) is 5.72. The van der Waals surface area contributed by atoms with Crippen molar-refractivity contribution in [3.8, 4) is 0 Å². The quantitative estimate of drug-likeness (QED) is 0.672. The average molecular weight is 225 g/mol.